The molecule has 0 saturated carbocycles. The summed E-state index contributed by atoms with van der Waals surface area (Å²) in [6, 6.07) is 7.89. The highest BCUT2D eigenvalue weighted by atomic mass is 32.1. The van der Waals surface area contributed by atoms with Gasteiger partial charge in [0.05, 0.1) is 32.0 Å². The van der Waals surface area contributed by atoms with Crippen molar-refractivity contribution in [2.45, 2.75) is 38.8 Å². The molecule has 0 bridgehead atoms. The van der Waals surface area contributed by atoms with Gasteiger partial charge in [0.25, 0.3) is 0 Å². The van der Waals surface area contributed by atoms with Crippen LogP contribution < -0.4 is 4.74 Å². The number of methoxy groups -OCH3 is 1. The van der Waals surface area contributed by atoms with Gasteiger partial charge in [-0.2, -0.15) is 0 Å². The summed E-state index contributed by atoms with van der Waals surface area (Å²) in [5.41, 5.74) is 2.39. The van der Waals surface area contributed by atoms with Gasteiger partial charge in [0.2, 0.25) is 0 Å². The second-order valence-electron chi connectivity index (χ2n) is 6.71. The maximum Gasteiger partial charge on any atom is 0.118 e. The lowest BCUT2D eigenvalue weighted by atomic mass is 9.93. The quantitative estimate of drug-likeness (QED) is 0.870. The molecule has 3 rings (SSSR count). The van der Waals surface area contributed by atoms with E-state index in [1.807, 2.05) is 42.6 Å². The van der Waals surface area contributed by atoms with E-state index in [1.54, 1.807) is 7.11 Å². The summed E-state index contributed by atoms with van der Waals surface area (Å²) in [6.07, 6.45) is 3.52. The van der Waals surface area contributed by atoms with Crippen LogP contribution in [0, 0.1) is 5.92 Å². The number of thiazole rings is 1. The molecule has 1 aliphatic carbocycles. The number of aliphatic hydroxyl groups is 1. The van der Waals surface area contributed by atoms with Crippen LogP contribution in [0.4, 0.5) is 0 Å². The normalized spacial score (nSPS) is 18.5. The summed E-state index contributed by atoms with van der Waals surface area (Å²) in [4.78, 5) is 8.47. The molecule has 0 radical (unpaired) electrons. The smallest absolute Gasteiger partial charge is 0.118 e. The van der Waals surface area contributed by atoms with E-state index in [1.165, 1.54) is 23.4 Å². The molecule has 2 aromatic rings. The standard InChI is InChI=1S/C19H26N2O2S/c1-13-4-9-16-18(10-13)24-19(20-16)11-21(2)17(12-22)14-5-7-15(23-3)8-6-14/h5-8,13,17,22H,4,9-12H2,1-3H3. The Labute approximate surface area is 148 Å². The third-order valence-electron chi connectivity index (χ3n) is 4.82. The monoisotopic (exact) mass is 346 g/mol. The van der Waals surface area contributed by atoms with E-state index < -0.39 is 0 Å². The third kappa shape index (κ3) is 3.79. The Balaban J connectivity index is 1.71. The molecule has 1 heterocycles. The van der Waals surface area contributed by atoms with Crippen LogP contribution in [0.1, 0.15) is 40.5 Å². The molecule has 130 valence electrons. The molecule has 1 aromatic heterocycles. The van der Waals surface area contributed by atoms with Gasteiger partial charge in [0.1, 0.15) is 10.8 Å². The average molecular weight is 346 g/mol. The maximum absolute atomic E-state index is 9.86. The first kappa shape index (κ1) is 17.4. The highest BCUT2D eigenvalue weighted by molar-refractivity contribution is 7.11. The molecule has 0 amide bonds. The van der Waals surface area contributed by atoms with Crippen LogP contribution in [0.25, 0.3) is 0 Å². The summed E-state index contributed by atoms with van der Waals surface area (Å²) in [5.74, 6) is 1.60. The Bertz CT molecular complexity index is 669. The van der Waals surface area contributed by atoms with E-state index in [0.29, 0.717) is 0 Å². The molecule has 2 unspecified atom stereocenters. The molecule has 0 aliphatic heterocycles. The van der Waals surface area contributed by atoms with Crippen molar-refractivity contribution >= 4 is 11.3 Å². The number of fused-ring (bicyclic) bond motifs is 1. The number of hydrogen-bond acceptors (Lipinski definition) is 5. The van der Waals surface area contributed by atoms with Crippen LogP contribution in [-0.2, 0) is 19.4 Å². The van der Waals surface area contributed by atoms with Gasteiger partial charge in [-0.05, 0) is 49.9 Å². The number of aromatic nitrogens is 1. The van der Waals surface area contributed by atoms with E-state index >= 15 is 0 Å². The van der Waals surface area contributed by atoms with E-state index in [9.17, 15) is 5.11 Å². The molecular formula is C19H26N2O2S. The van der Waals surface area contributed by atoms with Gasteiger partial charge in [-0.1, -0.05) is 19.1 Å². The molecule has 24 heavy (non-hydrogen) atoms. The Morgan fingerprint density at radius 2 is 2.12 bits per heavy atom. The van der Waals surface area contributed by atoms with Crippen LogP contribution in [0.5, 0.6) is 5.75 Å². The topological polar surface area (TPSA) is 45.6 Å². The van der Waals surface area contributed by atoms with Gasteiger partial charge in [-0.3, -0.25) is 4.90 Å². The number of hydrogen-bond donors (Lipinski definition) is 1. The van der Waals surface area contributed by atoms with Gasteiger partial charge < -0.3 is 9.84 Å². The Morgan fingerprint density at radius 3 is 2.79 bits per heavy atom. The highest BCUT2D eigenvalue weighted by Gasteiger charge is 2.22. The second kappa shape index (κ2) is 7.64. The first-order valence-corrected chi connectivity index (χ1v) is 9.34. The van der Waals surface area contributed by atoms with Gasteiger partial charge in [0, 0.05) is 4.88 Å². The van der Waals surface area contributed by atoms with Gasteiger partial charge in [0.15, 0.2) is 0 Å². The minimum Gasteiger partial charge on any atom is -0.497 e. The fraction of sp³-hybridized carbons (Fsp3) is 0.526. The first-order valence-electron chi connectivity index (χ1n) is 8.53. The largest absolute Gasteiger partial charge is 0.497 e. The van der Waals surface area contributed by atoms with Gasteiger partial charge in [-0.15, -0.1) is 11.3 Å². The lowest BCUT2D eigenvalue weighted by Gasteiger charge is -2.26. The number of benzene rings is 1. The summed E-state index contributed by atoms with van der Waals surface area (Å²) >= 11 is 1.84. The molecule has 0 spiro atoms. The van der Waals surface area contributed by atoms with E-state index in [-0.39, 0.29) is 12.6 Å². The van der Waals surface area contributed by atoms with Crippen LogP contribution in [0.15, 0.2) is 24.3 Å². The zero-order valence-corrected chi connectivity index (χ0v) is 15.5. The van der Waals surface area contributed by atoms with Crippen molar-refractivity contribution in [1.82, 2.24) is 9.88 Å². The fourth-order valence-corrected chi connectivity index (χ4v) is 4.65. The highest BCUT2D eigenvalue weighted by Crippen LogP contribution is 2.31. The summed E-state index contributed by atoms with van der Waals surface area (Å²) < 4.78 is 5.21. The number of ether oxygens (including phenoxy) is 1. The predicted molar refractivity (Wildman–Crippen MR) is 97.6 cm³/mol. The van der Waals surface area contributed by atoms with E-state index in [4.69, 9.17) is 9.72 Å². The van der Waals surface area contributed by atoms with Gasteiger partial charge in [-0.25, -0.2) is 4.98 Å². The molecular weight excluding hydrogens is 320 g/mol. The number of likely N-dealkylation sites (N-methyl/N-ethyl adjacent to an activating group) is 1. The Hall–Kier alpha value is -1.43. The molecule has 1 aromatic carbocycles. The average Bonchev–Trinajstić information content (AvgIpc) is 2.97. The number of nitrogens with zero attached hydrogens (tertiary/aromatic N) is 2. The molecule has 1 aliphatic rings. The Kier molecular flexibility index (Phi) is 5.54. The zero-order chi connectivity index (χ0) is 17.1. The lowest BCUT2D eigenvalue weighted by Crippen LogP contribution is -2.26. The van der Waals surface area contributed by atoms with Crippen molar-refractivity contribution in [3.63, 3.8) is 0 Å². The maximum atomic E-state index is 9.86. The van der Waals surface area contributed by atoms with E-state index in [0.717, 1.165) is 35.2 Å². The van der Waals surface area contributed by atoms with Crippen LogP contribution in [0.2, 0.25) is 0 Å². The van der Waals surface area contributed by atoms with Crippen molar-refractivity contribution in [2.24, 2.45) is 5.92 Å². The van der Waals surface area contributed by atoms with Crippen LogP contribution >= 0.6 is 11.3 Å². The minimum absolute atomic E-state index is 0.0317. The van der Waals surface area contributed by atoms with Crippen molar-refractivity contribution in [3.05, 3.63) is 45.4 Å². The molecule has 0 fully saturated rings. The molecule has 4 nitrogen and oxygen atoms in total. The number of aliphatic hydroxyl groups excluding tert-OH is 1. The van der Waals surface area contributed by atoms with E-state index in [2.05, 4.69) is 11.8 Å². The molecule has 1 N–H and O–H groups in total. The second-order valence-corrected chi connectivity index (χ2v) is 7.88. The number of rotatable bonds is 6. The number of aryl methyl sites for hydroxylation is 1. The molecule has 5 heteroatoms. The predicted octanol–water partition coefficient (Wildman–Crippen LogP) is 3.44. The third-order valence-corrected chi connectivity index (χ3v) is 5.93. The Morgan fingerprint density at radius 1 is 1.38 bits per heavy atom. The SMILES string of the molecule is COc1ccc(C(CO)N(C)Cc2nc3c(s2)CC(C)CC3)cc1. The summed E-state index contributed by atoms with van der Waals surface area (Å²) in [7, 11) is 3.71. The van der Waals surface area contributed by atoms with Crippen molar-refractivity contribution < 1.29 is 9.84 Å². The van der Waals surface area contributed by atoms with Crippen molar-refractivity contribution in [2.75, 3.05) is 20.8 Å². The van der Waals surface area contributed by atoms with Gasteiger partial charge >= 0.3 is 0 Å². The first-order chi connectivity index (χ1) is 11.6. The van der Waals surface area contributed by atoms with Crippen LogP contribution in [0.3, 0.4) is 0 Å². The zero-order valence-electron chi connectivity index (χ0n) is 14.7. The fourth-order valence-electron chi connectivity index (χ4n) is 3.31. The minimum atomic E-state index is -0.0317. The lowest BCUT2D eigenvalue weighted by molar-refractivity contribution is 0.142. The summed E-state index contributed by atoms with van der Waals surface area (Å²) in [6.45, 7) is 3.17. The van der Waals surface area contributed by atoms with Crippen LogP contribution in [-0.4, -0.2) is 35.8 Å². The molecule has 2 atom stereocenters. The van der Waals surface area contributed by atoms with Crippen molar-refractivity contribution in [3.8, 4) is 5.75 Å². The summed E-state index contributed by atoms with van der Waals surface area (Å²) in [5, 5.41) is 11.0. The van der Waals surface area contributed by atoms with Crippen molar-refractivity contribution in [1.29, 1.82) is 0 Å². The molecule has 0 saturated heterocycles.